The molecular weight excluding hydrogens is 275 g/mol. The zero-order chi connectivity index (χ0) is 14.4. The fourth-order valence-corrected chi connectivity index (χ4v) is 2.94. The third-order valence-electron chi connectivity index (χ3n) is 2.89. The number of rotatable bonds is 5. The Labute approximate surface area is 121 Å². The van der Waals surface area contributed by atoms with Gasteiger partial charge in [-0.2, -0.15) is 0 Å². The van der Waals surface area contributed by atoms with Crippen molar-refractivity contribution in [3.05, 3.63) is 66.0 Å². The number of nitrogens with two attached hydrogens (primary N) is 1. The number of oxime groups is 1. The zero-order valence-corrected chi connectivity index (χ0v) is 11.6. The van der Waals surface area contributed by atoms with E-state index in [1.54, 1.807) is 6.07 Å². The number of nitrogens with zero attached hydrogens (tertiary/aromatic N) is 1. The van der Waals surface area contributed by atoms with E-state index in [4.69, 9.17) is 10.9 Å². The van der Waals surface area contributed by atoms with Crippen LogP contribution >= 0.6 is 11.8 Å². The fourth-order valence-electron chi connectivity index (χ4n) is 1.84. The number of hydrogen-bond acceptors (Lipinski definition) is 3. The molecule has 2 rings (SSSR count). The molecule has 3 nitrogen and oxygen atoms in total. The average molecular weight is 290 g/mol. The van der Waals surface area contributed by atoms with Crippen LogP contribution in [-0.4, -0.2) is 16.8 Å². The highest BCUT2D eigenvalue weighted by Crippen LogP contribution is 2.27. The molecule has 2 aromatic rings. The van der Waals surface area contributed by atoms with Crippen LogP contribution < -0.4 is 5.73 Å². The highest BCUT2D eigenvalue weighted by Gasteiger charge is 2.17. The quantitative estimate of drug-likeness (QED) is 0.291. The van der Waals surface area contributed by atoms with Gasteiger partial charge < -0.3 is 10.9 Å². The van der Waals surface area contributed by atoms with Gasteiger partial charge in [0.15, 0.2) is 0 Å². The highest BCUT2D eigenvalue weighted by molar-refractivity contribution is 7.99. The first-order valence-corrected chi connectivity index (χ1v) is 7.10. The van der Waals surface area contributed by atoms with Gasteiger partial charge in [-0.1, -0.05) is 41.6 Å². The minimum absolute atomic E-state index is 0.153. The van der Waals surface area contributed by atoms with E-state index in [1.165, 1.54) is 23.9 Å². The van der Waals surface area contributed by atoms with E-state index in [0.29, 0.717) is 5.75 Å². The van der Waals surface area contributed by atoms with Crippen molar-refractivity contribution < 1.29 is 9.60 Å². The molecule has 0 amide bonds. The van der Waals surface area contributed by atoms with Crippen LogP contribution in [0.4, 0.5) is 4.39 Å². The third kappa shape index (κ3) is 3.74. The molecule has 0 heterocycles. The summed E-state index contributed by atoms with van der Waals surface area (Å²) >= 11 is 1.47. The molecule has 0 radical (unpaired) electrons. The molecule has 0 aliphatic carbocycles. The first-order valence-electron chi connectivity index (χ1n) is 6.11. The minimum Gasteiger partial charge on any atom is -0.409 e. The van der Waals surface area contributed by atoms with Crippen molar-refractivity contribution >= 4 is 17.6 Å². The summed E-state index contributed by atoms with van der Waals surface area (Å²) in [6.45, 7) is 0. The Hall–Kier alpha value is -2.01. The van der Waals surface area contributed by atoms with Crippen LogP contribution in [0.5, 0.6) is 0 Å². The lowest BCUT2D eigenvalue weighted by Crippen LogP contribution is -2.23. The number of amidine groups is 1. The summed E-state index contributed by atoms with van der Waals surface area (Å²) in [6, 6.07) is 15.9. The van der Waals surface area contributed by atoms with E-state index in [0.717, 1.165) is 10.5 Å². The van der Waals surface area contributed by atoms with Crippen LogP contribution in [0.1, 0.15) is 11.5 Å². The summed E-state index contributed by atoms with van der Waals surface area (Å²) in [5, 5.41) is 12.0. The fraction of sp³-hybridized carbons (Fsp3) is 0.133. The van der Waals surface area contributed by atoms with Gasteiger partial charge in [0, 0.05) is 10.6 Å². The summed E-state index contributed by atoms with van der Waals surface area (Å²) < 4.78 is 13.1. The Bertz CT molecular complexity index is 589. The van der Waals surface area contributed by atoms with Gasteiger partial charge in [0.25, 0.3) is 0 Å². The van der Waals surface area contributed by atoms with Gasteiger partial charge in [0.05, 0.1) is 5.92 Å². The Morgan fingerprint density at radius 2 is 1.95 bits per heavy atom. The van der Waals surface area contributed by atoms with Crippen molar-refractivity contribution in [2.75, 3.05) is 5.75 Å². The number of benzene rings is 2. The first-order chi connectivity index (χ1) is 9.70. The van der Waals surface area contributed by atoms with Crippen LogP contribution in [0.2, 0.25) is 0 Å². The summed E-state index contributed by atoms with van der Waals surface area (Å²) in [4.78, 5) is 0.816. The van der Waals surface area contributed by atoms with Crippen molar-refractivity contribution in [3.63, 3.8) is 0 Å². The second-order valence-electron chi connectivity index (χ2n) is 4.26. The van der Waals surface area contributed by atoms with Gasteiger partial charge in [-0.05, 0) is 23.8 Å². The molecule has 0 aliphatic rings. The molecule has 3 N–H and O–H groups in total. The van der Waals surface area contributed by atoms with E-state index in [1.807, 2.05) is 36.4 Å². The van der Waals surface area contributed by atoms with E-state index < -0.39 is 0 Å². The molecular formula is C15H15FN2OS. The number of halogens is 1. The molecule has 5 heteroatoms. The standard InChI is InChI=1S/C15H15FN2OS/c16-12-7-4-8-13(9-12)20-10-14(15(17)18-19)11-5-2-1-3-6-11/h1-9,14,19H,10H2,(H2,17,18). The van der Waals surface area contributed by atoms with E-state index in [9.17, 15) is 4.39 Å². The molecule has 0 fully saturated rings. The lowest BCUT2D eigenvalue weighted by atomic mass is 10.0. The van der Waals surface area contributed by atoms with E-state index in [2.05, 4.69) is 5.16 Å². The summed E-state index contributed by atoms with van der Waals surface area (Å²) in [5.74, 6) is 0.244. The first kappa shape index (κ1) is 14.4. The van der Waals surface area contributed by atoms with E-state index >= 15 is 0 Å². The normalized spacial score (nSPS) is 13.2. The van der Waals surface area contributed by atoms with Crippen molar-refractivity contribution in [2.24, 2.45) is 10.9 Å². The number of thioether (sulfide) groups is 1. The monoisotopic (exact) mass is 290 g/mol. The molecule has 104 valence electrons. The predicted molar refractivity (Wildman–Crippen MR) is 79.7 cm³/mol. The Morgan fingerprint density at radius 3 is 2.60 bits per heavy atom. The van der Waals surface area contributed by atoms with Crippen molar-refractivity contribution in [1.82, 2.24) is 0 Å². The molecule has 1 unspecified atom stereocenters. The summed E-state index contributed by atoms with van der Waals surface area (Å²) in [6.07, 6.45) is 0. The van der Waals surface area contributed by atoms with Crippen molar-refractivity contribution in [3.8, 4) is 0 Å². The maximum absolute atomic E-state index is 13.1. The van der Waals surface area contributed by atoms with Gasteiger partial charge in [-0.15, -0.1) is 11.8 Å². The summed E-state index contributed by atoms with van der Waals surface area (Å²) in [5.41, 5.74) is 6.72. The van der Waals surface area contributed by atoms with E-state index in [-0.39, 0.29) is 17.6 Å². The van der Waals surface area contributed by atoms with Crippen LogP contribution in [0, 0.1) is 5.82 Å². The second kappa shape index (κ2) is 6.96. The molecule has 1 atom stereocenters. The average Bonchev–Trinajstić information content (AvgIpc) is 2.48. The van der Waals surface area contributed by atoms with Gasteiger partial charge in [0.2, 0.25) is 0 Å². The lowest BCUT2D eigenvalue weighted by Gasteiger charge is -2.15. The van der Waals surface area contributed by atoms with Crippen LogP contribution in [0.15, 0.2) is 64.6 Å². The van der Waals surface area contributed by atoms with Gasteiger partial charge >= 0.3 is 0 Å². The largest absolute Gasteiger partial charge is 0.409 e. The van der Waals surface area contributed by atoms with Crippen molar-refractivity contribution in [1.29, 1.82) is 0 Å². The maximum Gasteiger partial charge on any atom is 0.147 e. The molecule has 2 aromatic carbocycles. The molecule has 0 saturated heterocycles. The topological polar surface area (TPSA) is 58.6 Å². The molecule has 20 heavy (non-hydrogen) atoms. The van der Waals surface area contributed by atoms with Gasteiger partial charge in [-0.3, -0.25) is 0 Å². The predicted octanol–water partition coefficient (Wildman–Crippen LogP) is 3.45. The Balaban J connectivity index is 2.13. The minimum atomic E-state index is -0.268. The van der Waals surface area contributed by atoms with Gasteiger partial charge in [-0.25, -0.2) is 4.39 Å². The SMILES string of the molecule is N/C(=N/O)C(CSc1cccc(F)c1)c1ccccc1. The maximum atomic E-state index is 13.1. The smallest absolute Gasteiger partial charge is 0.147 e. The number of hydrogen-bond donors (Lipinski definition) is 2. The van der Waals surface area contributed by atoms with Crippen LogP contribution in [-0.2, 0) is 0 Å². The highest BCUT2D eigenvalue weighted by atomic mass is 32.2. The molecule has 0 saturated carbocycles. The molecule has 0 spiro atoms. The lowest BCUT2D eigenvalue weighted by molar-refractivity contribution is 0.316. The third-order valence-corrected chi connectivity index (χ3v) is 3.97. The molecule has 0 aromatic heterocycles. The molecule has 0 bridgehead atoms. The Morgan fingerprint density at radius 1 is 1.20 bits per heavy atom. The second-order valence-corrected chi connectivity index (χ2v) is 5.35. The summed E-state index contributed by atoms with van der Waals surface area (Å²) in [7, 11) is 0. The van der Waals surface area contributed by atoms with Crippen LogP contribution in [0.3, 0.4) is 0 Å². The van der Waals surface area contributed by atoms with Crippen LogP contribution in [0.25, 0.3) is 0 Å². The van der Waals surface area contributed by atoms with Gasteiger partial charge in [0.1, 0.15) is 11.7 Å². The molecule has 0 aliphatic heterocycles. The van der Waals surface area contributed by atoms with Crippen molar-refractivity contribution in [2.45, 2.75) is 10.8 Å². The Kier molecular flexibility index (Phi) is 5.01. The zero-order valence-electron chi connectivity index (χ0n) is 10.7.